The fourth-order valence-electron chi connectivity index (χ4n) is 8.92. The molecular weight excluding hydrogens is 823 g/mol. The molecule has 12 aromatic rings. The normalized spacial score (nSPS) is 11.3. The minimum Gasteiger partial charge on any atom is -0.308 e. The number of hydrogen-bond acceptors (Lipinski definition) is 5. The van der Waals surface area contributed by atoms with Crippen molar-refractivity contribution in [2.24, 2.45) is 0 Å². The Kier molecular flexibility index (Phi) is 9.97. The largest absolute Gasteiger partial charge is 0.308 e. The number of rotatable bonds is 9. The summed E-state index contributed by atoms with van der Waals surface area (Å²) in [5, 5.41) is 2.16. The Morgan fingerprint density at radius 1 is 0.303 bits per heavy atom. The van der Waals surface area contributed by atoms with Crippen LogP contribution in [0.1, 0.15) is 0 Å². The van der Waals surface area contributed by atoms with E-state index in [-0.39, 0.29) is 0 Å². The van der Waals surface area contributed by atoms with Gasteiger partial charge in [0.05, 0.1) is 43.6 Å². The molecule has 0 unspecified atom stereocenters. The second-order valence-corrected chi connectivity index (χ2v) is 17.2. The highest BCUT2D eigenvalue weighted by molar-refractivity contribution is 7.21. The Morgan fingerprint density at radius 2 is 0.682 bits per heavy atom. The van der Waals surface area contributed by atoms with E-state index in [1.807, 2.05) is 24.3 Å². The second kappa shape index (κ2) is 16.8. The maximum atomic E-state index is 5.51. The molecule has 0 radical (unpaired) electrons. The van der Waals surface area contributed by atoms with Crippen LogP contribution in [-0.2, 0) is 0 Å². The van der Waals surface area contributed by atoms with Crippen molar-refractivity contribution < 1.29 is 0 Å². The van der Waals surface area contributed by atoms with Gasteiger partial charge < -0.3 is 4.57 Å². The summed E-state index contributed by atoms with van der Waals surface area (Å²) >= 11 is 1.65. The van der Waals surface area contributed by atoms with Gasteiger partial charge in [-0.25, -0.2) is 19.9 Å². The lowest BCUT2D eigenvalue weighted by molar-refractivity contribution is 1.16. The molecule has 0 saturated heterocycles. The first-order chi connectivity index (χ1) is 32.7. The third kappa shape index (κ3) is 7.25. The summed E-state index contributed by atoms with van der Waals surface area (Å²) in [5.41, 5.74) is 15.1. The van der Waals surface area contributed by atoms with Crippen molar-refractivity contribution in [3.05, 3.63) is 237 Å². The zero-order valence-corrected chi connectivity index (χ0v) is 36.5. The molecule has 12 rings (SSSR count). The van der Waals surface area contributed by atoms with Gasteiger partial charge in [0.1, 0.15) is 0 Å². The molecular formula is C60H39N5S. The maximum Gasteiger partial charge on any atom is 0.172 e. The molecule has 5 nitrogen and oxygen atoms in total. The predicted molar refractivity (Wildman–Crippen MR) is 273 cm³/mol. The number of aromatic nitrogens is 5. The van der Waals surface area contributed by atoms with Gasteiger partial charge in [0.15, 0.2) is 11.6 Å². The highest BCUT2D eigenvalue weighted by Crippen LogP contribution is 2.49. The lowest BCUT2D eigenvalue weighted by Gasteiger charge is -2.12. The lowest BCUT2D eigenvalue weighted by Crippen LogP contribution is -1.98. The van der Waals surface area contributed by atoms with Gasteiger partial charge in [-0.2, -0.15) is 0 Å². The van der Waals surface area contributed by atoms with Crippen LogP contribution in [0.15, 0.2) is 237 Å². The molecule has 0 saturated carbocycles. The standard InChI is InChI=1S/C60H39N5S/c1-6-20-40(21-7-1)44-28-18-30-46(36-44)52-38-50(42-24-10-3-11-25-42)61-59(63-52)57-55-49-34-16-17-35-54(49)65(48-32-14-5-15-33-48)56(55)58(66-57)60-62-51(43-26-12-4-13-27-43)39-53(64-60)47-31-19-29-45(37-47)41-22-8-2-9-23-41/h1-39H. The number of fused-ring (bicyclic) bond motifs is 3. The molecule has 4 heterocycles. The number of hydrogen-bond donors (Lipinski definition) is 0. The fraction of sp³-hybridized carbons (Fsp3) is 0. The highest BCUT2D eigenvalue weighted by Gasteiger charge is 2.27. The van der Waals surface area contributed by atoms with Crippen molar-refractivity contribution in [3.63, 3.8) is 0 Å². The van der Waals surface area contributed by atoms with Crippen molar-refractivity contribution in [1.29, 1.82) is 0 Å². The summed E-state index contributed by atoms with van der Waals surface area (Å²) in [5.74, 6) is 1.27. The van der Waals surface area contributed by atoms with Crippen molar-refractivity contribution in [2.75, 3.05) is 0 Å². The second-order valence-electron chi connectivity index (χ2n) is 16.2. The van der Waals surface area contributed by atoms with E-state index in [1.165, 1.54) is 0 Å². The van der Waals surface area contributed by atoms with Crippen LogP contribution in [0.25, 0.3) is 116 Å². The number of nitrogens with zero attached hydrogens (tertiary/aromatic N) is 5. The van der Waals surface area contributed by atoms with Crippen LogP contribution < -0.4 is 0 Å². The Balaban J connectivity index is 1.15. The summed E-state index contributed by atoms with van der Waals surface area (Å²) in [6.07, 6.45) is 0. The Hall–Kier alpha value is -8.58. The van der Waals surface area contributed by atoms with Crippen LogP contribution in [0.3, 0.4) is 0 Å². The molecule has 4 aromatic heterocycles. The zero-order chi connectivity index (χ0) is 43.8. The number of benzene rings is 8. The minimum atomic E-state index is 0.632. The van der Waals surface area contributed by atoms with Crippen molar-refractivity contribution in [1.82, 2.24) is 24.5 Å². The Labute approximate surface area is 386 Å². The van der Waals surface area contributed by atoms with E-state index in [1.54, 1.807) is 11.3 Å². The lowest BCUT2D eigenvalue weighted by atomic mass is 10.0. The van der Waals surface area contributed by atoms with Crippen LogP contribution in [0.2, 0.25) is 0 Å². The van der Waals surface area contributed by atoms with Crippen molar-refractivity contribution in [2.45, 2.75) is 0 Å². The number of para-hydroxylation sites is 2. The van der Waals surface area contributed by atoms with Crippen LogP contribution in [0.5, 0.6) is 0 Å². The molecule has 0 atom stereocenters. The Bertz CT molecular complexity index is 3680. The van der Waals surface area contributed by atoms with E-state index in [2.05, 4.69) is 217 Å². The molecule has 0 aliphatic heterocycles. The van der Waals surface area contributed by atoms with Crippen LogP contribution in [0, 0.1) is 0 Å². The molecule has 0 bridgehead atoms. The fourth-order valence-corrected chi connectivity index (χ4v) is 10.1. The molecule has 0 N–H and O–H groups in total. The molecule has 310 valence electrons. The zero-order valence-electron chi connectivity index (χ0n) is 35.7. The van der Waals surface area contributed by atoms with E-state index in [9.17, 15) is 0 Å². The molecule has 0 fully saturated rings. The summed E-state index contributed by atoms with van der Waals surface area (Å²) in [7, 11) is 0. The average molecular weight is 862 g/mol. The van der Waals surface area contributed by atoms with Gasteiger partial charge in [0.25, 0.3) is 0 Å². The quantitative estimate of drug-likeness (QED) is 0.145. The van der Waals surface area contributed by atoms with E-state index in [0.717, 1.165) is 105 Å². The smallest absolute Gasteiger partial charge is 0.172 e. The van der Waals surface area contributed by atoms with E-state index in [4.69, 9.17) is 19.9 Å². The van der Waals surface area contributed by atoms with Gasteiger partial charge in [0.2, 0.25) is 0 Å². The average Bonchev–Trinajstić information content (AvgIpc) is 3.96. The monoisotopic (exact) mass is 861 g/mol. The number of thiophene rings is 1. The van der Waals surface area contributed by atoms with Gasteiger partial charge in [-0.3, -0.25) is 0 Å². The first-order valence-corrected chi connectivity index (χ1v) is 22.9. The van der Waals surface area contributed by atoms with E-state index < -0.39 is 0 Å². The first kappa shape index (κ1) is 39.0. The predicted octanol–water partition coefficient (Wildman–Crippen LogP) is 15.8. The van der Waals surface area contributed by atoms with Crippen LogP contribution in [0.4, 0.5) is 0 Å². The SMILES string of the molecule is c1ccc(-c2cccc(-c3cc(-c4ccccc4)nc(-c4sc(-c5nc(-c6ccccc6)cc(-c6cccc(-c7ccccc7)c6)n5)c5c4c4ccccc4n5-c4ccccc4)n3)c2)cc1. The molecule has 8 aromatic carbocycles. The topological polar surface area (TPSA) is 56.5 Å². The molecule has 0 amide bonds. The van der Waals surface area contributed by atoms with Gasteiger partial charge in [-0.15, -0.1) is 11.3 Å². The third-order valence-corrected chi connectivity index (χ3v) is 13.2. The molecule has 0 aliphatic rings. The summed E-state index contributed by atoms with van der Waals surface area (Å²) < 4.78 is 2.36. The van der Waals surface area contributed by atoms with Gasteiger partial charge in [0, 0.05) is 38.7 Å². The maximum absolute atomic E-state index is 5.51. The van der Waals surface area contributed by atoms with E-state index >= 15 is 0 Å². The minimum absolute atomic E-state index is 0.632. The summed E-state index contributed by atoms with van der Waals surface area (Å²) in [6, 6.07) is 82.5. The van der Waals surface area contributed by atoms with Crippen molar-refractivity contribution in [3.8, 4) is 94.4 Å². The third-order valence-electron chi connectivity index (χ3n) is 12.1. The van der Waals surface area contributed by atoms with Gasteiger partial charge >= 0.3 is 0 Å². The van der Waals surface area contributed by atoms with Crippen LogP contribution >= 0.6 is 11.3 Å². The summed E-state index contributed by atoms with van der Waals surface area (Å²) in [6.45, 7) is 0. The molecule has 0 aliphatic carbocycles. The van der Waals surface area contributed by atoms with Crippen molar-refractivity contribution >= 4 is 33.1 Å². The first-order valence-electron chi connectivity index (χ1n) is 22.0. The van der Waals surface area contributed by atoms with Gasteiger partial charge in [-0.1, -0.05) is 194 Å². The Morgan fingerprint density at radius 3 is 1.18 bits per heavy atom. The van der Waals surface area contributed by atoms with E-state index in [0.29, 0.717) is 11.6 Å². The molecule has 6 heteroatoms. The van der Waals surface area contributed by atoms with Gasteiger partial charge in [-0.05, 0) is 64.7 Å². The molecule has 0 spiro atoms. The molecule has 66 heavy (non-hydrogen) atoms. The summed E-state index contributed by atoms with van der Waals surface area (Å²) in [4.78, 5) is 23.8. The highest BCUT2D eigenvalue weighted by atomic mass is 32.1. The van der Waals surface area contributed by atoms with Crippen LogP contribution in [-0.4, -0.2) is 24.5 Å².